The van der Waals surface area contributed by atoms with E-state index in [1.807, 2.05) is 0 Å². The number of benzene rings is 2. The summed E-state index contributed by atoms with van der Waals surface area (Å²) < 4.78 is 24.2. The predicted octanol–water partition coefficient (Wildman–Crippen LogP) is 4.03. The number of Topliss-reactive ketones (excluding diaryl/α,β-unsaturated/α-hetero) is 1. The number of carbonyl (C=O) groups excluding carboxylic acids is 1. The summed E-state index contributed by atoms with van der Waals surface area (Å²) in [7, 11) is 3.04. The first-order valence-corrected chi connectivity index (χ1v) is 7.03. The minimum Gasteiger partial charge on any atom is -0.497 e. The Balaban J connectivity index is 2.29. The molecule has 3 nitrogen and oxygen atoms in total. The molecule has 0 heterocycles. The SMILES string of the molecule is COc1cc(OC)cc(C(=O)Cc2cc(F)ccc2Br)c1. The molecule has 0 amide bonds. The van der Waals surface area contributed by atoms with Crippen LogP contribution in [0, 0.1) is 5.82 Å². The van der Waals surface area contributed by atoms with Crippen molar-refractivity contribution < 1.29 is 18.7 Å². The summed E-state index contributed by atoms with van der Waals surface area (Å²) in [6, 6.07) is 9.24. The van der Waals surface area contributed by atoms with Crippen molar-refractivity contribution in [2.45, 2.75) is 6.42 Å². The molecule has 21 heavy (non-hydrogen) atoms. The summed E-state index contributed by atoms with van der Waals surface area (Å²) in [5.74, 6) is 0.565. The molecule has 5 heteroatoms. The molecule has 0 aliphatic rings. The van der Waals surface area contributed by atoms with Crippen LogP contribution in [0.3, 0.4) is 0 Å². The number of ketones is 1. The fourth-order valence-corrected chi connectivity index (χ4v) is 2.31. The zero-order valence-corrected chi connectivity index (χ0v) is 13.2. The zero-order valence-electron chi connectivity index (χ0n) is 11.7. The molecule has 0 saturated heterocycles. The van der Waals surface area contributed by atoms with Gasteiger partial charge in [0.2, 0.25) is 0 Å². The fourth-order valence-electron chi connectivity index (χ4n) is 1.92. The van der Waals surface area contributed by atoms with Gasteiger partial charge < -0.3 is 9.47 Å². The monoisotopic (exact) mass is 352 g/mol. The fraction of sp³-hybridized carbons (Fsp3) is 0.188. The van der Waals surface area contributed by atoms with E-state index >= 15 is 0 Å². The number of hydrogen-bond acceptors (Lipinski definition) is 3. The molecule has 0 atom stereocenters. The molecular formula is C16H14BrFO3. The van der Waals surface area contributed by atoms with Gasteiger partial charge in [0.15, 0.2) is 5.78 Å². The van der Waals surface area contributed by atoms with Gasteiger partial charge in [0.05, 0.1) is 14.2 Å². The van der Waals surface area contributed by atoms with Gasteiger partial charge in [0.1, 0.15) is 17.3 Å². The number of halogens is 2. The standard InChI is InChI=1S/C16H14BrFO3/c1-20-13-6-11(7-14(9-13)21-2)16(19)8-10-5-12(18)3-4-15(10)17/h3-7,9H,8H2,1-2H3. The molecule has 110 valence electrons. The highest BCUT2D eigenvalue weighted by atomic mass is 79.9. The van der Waals surface area contributed by atoms with Crippen LogP contribution in [0.2, 0.25) is 0 Å². The van der Waals surface area contributed by atoms with Crippen molar-refractivity contribution >= 4 is 21.7 Å². The van der Waals surface area contributed by atoms with E-state index < -0.39 is 0 Å². The van der Waals surface area contributed by atoms with Gasteiger partial charge in [-0.05, 0) is 35.9 Å². The van der Waals surface area contributed by atoms with Crippen molar-refractivity contribution in [3.8, 4) is 11.5 Å². The average molecular weight is 353 g/mol. The molecule has 0 radical (unpaired) electrons. The summed E-state index contributed by atoms with van der Waals surface area (Å²) in [4.78, 5) is 12.4. The Morgan fingerprint density at radius 3 is 2.29 bits per heavy atom. The molecule has 0 aliphatic heterocycles. The highest BCUT2D eigenvalue weighted by Gasteiger charge is 2.13. The highest BCUT2D eigenvalue weighted by molar-refractivity contribution is 9.10. The Kier molecular flexibility index (Phi) is 4.96. The molecule has 0 unspecified atom stereocenters. The molecular weight excluding hydrogens is 339 g/mol. The second-order valence-electron chi connectivity index (χ2n) is 4.44. The zero-order chi connectivity index (χ0) is 15.4. The van der Waals surface area contributed by atoms with E-state index in [-0.39, 0.29) is 18.0 Å². The Morgan fingerprint density at radius 2 is 1.71 bits per heavy atom. The van der Waals surface area contributed by atoms with Gasteiger partial charge >= 0.3 is 0 Å². The van der Waals surface area contributed by atoms with Crippen LogP contribution in [0.25, 0.3) is 0 Å². The molecule has 0 saturated carbocycles. The van der Waals surface area contributed by atoms with E-state index in [9.17, 15) is 9.18 Å². The topological polar surface area (TPSA) is 35.5 Å². The van der Waals surface area contributed by atoms with Crippen LogP contribution in [0.5, 0.6) is 11.5 Å². The molecule has 2 rings (SSSR count). The lowest BCUT2D eigenvalue weighted by Crippen LogP contribution is -2.05. The Bertz CT molecular complexity index is 648. The number of hydrogen-bond donors (Lipinski definition) is 0. The second-order valence-corrected chi connectivity index (χ2v) is 5.29. The number of methoxy groups -OCH3 is 2. The number of rotatable bonds is 5. The first-order chi connectivity index (χ1) is 10.0. The summed E-state index contributed by atoms with van der Waals surface area (Å²) in [5, 5.41) is 0. The summed E-state index contributed by atoms with van der Waals surface area (Å²) in [6.07, 6.45) is 0.0919. The Morgan fingerprint density at radius 1 is 1.10 bits per heavy atom. The lowest BCUT2D eigenvalue weighted by atomic mass is 10.0. The van der Waals surface area contributed by atoms with E-state index in [4.69, 9.17) is 9.47 Å². The van der Waals surface area contributed by atoms with Crippen molar-refractivity contribution in [2.75, 3.05) is 14.2 Å². The first kappa shape index (κ1) is 15.5. The normalized spacial score (nSPS) is 10.3. The summed E-state index contributed by atoms with van der Waals surface area (Å²) >= 11 is 3.32. The smallest absolute Gasteiger partial charge is 0.167 e. The maximum atomic E-state index is 13.3. The van der Waals surface area contributed by atoms with Crippen LogP contribution in [-0.2, 0) is 6.42 Å². The maximum Gasteiger partial charge on any atom is 0.167 e. The minimum atomic E-state index is -0.371. The van der Waals surface area contributed by atoms with Crippen molar-refractivity contribution in [3.05, 3.63) is 57.8 Å². The third kappa shape index (κ3) is 3.82. The van der Waals surface area contributed by atoms with Gasteiger partial charge in [0.25, 0.3) is 0 Å². The van der Waals surface area contributed by atoms with Gasteiger partial charge in [-0.15, -0.1) is 0 Å². The van der Waals surface area contributed by atoms with Crippen molar-refractivity contribution in [3.63, 3.8) is 0 Å². The van der Waals surface area contributed by atoms with Crippen molar-refractivity contribution in [1.82, 2.24) is 0 Å². The van der Waals surface area contributed by atoms with E-state index in [0.29, 0.717) is 27.1 Å². The second kappa shape index (κ2) is 6.72. The van der Waals surface area contributed by atoms with Crippen LogP contribution in [0.1, 0.15) is 15.9 Å². The summed E-state index contributed by atoms with van der Waals surface area (Å²) in [5.41, 5.74) is 1.06. The molecule has 2 aromatic rings. The predicted molar refractivity (Wildman–Crippen MR) is 81.7 cm³/mol. The average Bonchev–Trinajstić information content (AvgIpc) is 2.50. The van der Waals surface area contributed by atoms with Gasteiger partial charge in [0, 0.05) is 22.5 Å². The van der Waals surface area contributed by atoms with Gasteiger partial charge in [-0.3, -0.25) is 4.79 Å². The van der Waals surface area contributed by atoms with Crippen LogP contribution in [-0.4, -0.2) is 20.0 Å². The van der Waals surface area contributed by atoms with Crippen LogP contribution in [0.4, 0.5) is 4.39 Å². The molecule has 2 aromatic carbocycles. The molecule has 0 aromatic heterocycles. The quantitative estimate of drug-likeness (QED) is 0.762. The van der Waals surface area contributed by atoms with Crippen LogP contribution >= 0.6 is 15.9 Å². The van der Waals surface area contributed by atoms with Crippen LogP contribution in [0.15, 0.2) is 40.9 Å². The summed E-state index contributed by atoms with van der Waals surface area (Å²) in [6.45, 7) is 0. The molecule has 0 N–H and O–H groups in total. The molecule has 0 bridgehead atoms. The van der Waals surface area contributed by atoms with E-state index in [1.54, 1.807) is 24.3 Å². The van der Waals surface area contributed by atoms with Gasteiger partial charge in [-0.1, -0.05) is 15.9 Å². The number of ether oxygens (including phenoxy) is 2. The maximum absolute atomic E-state index is 13.3. The van der Waals surface area contributed by atoms with E-state index in [0.717, 1.165) is 0 Å². The van der Waals surface area contributed by atoms with Gasteiger partial charge in [-0.2, -0.15) is 0 Å². The molecule has 0 fully saturated rings. The van der Waals surface area contributed by atoms with Crippen molar-refractivity contribution in [2.24, 2.45) is 0 Å². The van der Waals surface area contributed by atoms with Crippen LogP contribution < -0.4 is 9.47 Å². The molecule has 0 spiro atoms. The highest BCUT2D eigenvalue weighted by Crippen LogP contribution is 2.25. The minimum absolute atomic E-state index is 0.0919. The Labute approximate surface area is 130 Å². The lowest BCUT2D eigenvalue weighted by Gasteiger charge is -2.09. The first-order valence-electron chi connectivity index (χ1n) is 6.23. The van der Waals surface area contributed by atoms with E-state index in [1.165, 1.54) is 26.4 Å². The largest absolute Gasteiger partial charge is 0.497 e. The number of carbonyl (C=O) groups is 1. The molecule has 0 aliphatic carbocycles. The van der Waals surface area contributed by atoms with E-state index in [2.05, 4.69) is 15.9 Å². The van der Waals surface area contributed by atoms with Gasteiger partial charge in [-0.25, -0.2) is 4.39 Å². The Hall–Kier alpha value is -1.88. The van der Waals surface area contributed by atoms with Crippen molar-refractivity contribution in [1.29, 1.82) is 0 Å². The third-order valence-corrected chi connectivity index (χ3v) is 3.81. The third-order valence-electron chi connectivity index (χ3n) is 3.03. The lowest BCUT2D eigenvalue weighted by molar-refractivity contribution is 0.0992.